The molecule has 0 bridgehead atoms. The van der Waals surface area contributed by atoms with Crippen LogP contribution < -0.4 is 4.90 Å². The van der Waals surface area contributed by atoms with E-state index in [1.54, 1.807) is 6.07 Å². The van der Waals surface area contributed by atoms with Crippen molar-refractivity contribution < 1.29 is 13.2 Å². The van der Waals surface area contributed by atoms with Crippen LogP contribution in [0.25, 0.3) is 20.2 Å². The Kier molecular flexibility index (Phi) is 4.58. The fourth-order valence-corrected chi connectivity index (χ4v) is 5.09. The molecule has 0 saturated heterocycles. The Bertz CT molecular complexity index is 1160. The summed E-state index contributed by atoms with van der Waals surface area (Å²) in [6.45, 7) is 4.28. The zero-order chi connectivity index (χ0) is 20.1. The monoisotopic (exact) mass is 399 g/mol. The van der Waals surface area contributed by atoms with Gasteiger partial charge in [-0.2, -0.15) is 13.2 Å². The van der Waals surface area contributed by atoms with Crippen LogP contribution in [0.5, 0.6) is 0 Å². The summed E-state index contributed by atoms with van der Waals surface area (Å²) in [5, 5.41) is 1.51. The molecular formula is C23H20F3NS. The van der Waals surface area contributed by atoms with Gasteiger partial charge in [0.25, 0.3) is 0 Å². The van der Waals surface area contributed by atoms with Gasteiger partial charge in [-0.25, -0.2) is 0 Å². The summed E-state index contributed by atoms with van der Waals surface area (Å²) in [6, 6.07) is 18.4. The molecule has 1 nitrogen and oxygen atoms in total. The van der Waals surface area contributed by atoms with Gasteiger partial charge in [-0.15, -0.1) is 11.3 Å². The molecule has 4 rings (SSSR count). The van der Waals surface area contributed by atoms with Crippen LogP contribution in [-0.4, -0.2) is 7.05 Å². The van der Waals surface area contributed by atoms with Gasteiger partial charge in [0.2, 0.25) is 0 Å². The molecule has 144 valence electrons. The van der Waals surface area contributed by atoms with Crippen LogP contribution in [0.4, 0.5) is 24.5 Å². The van der Waals surface area contributed by atoms with Gasteiger partial charge < -0.3 is 4.90 Å². The lowest BCUT2D eigenvalue weighted by molar-refractivity contribution is -0.136. The maximum atomic E-state index is 13.5. The number of hydrogen-bond donors (Lipinski definition) is 0. The fraction of sp³-hybridized carbons (Fsp3) is 0.217. The first-order valence-electron chi connectivity index (χ1n) is 9.13. The summed E-state index contributed by atoms with van der Waals surface area (Å²) in [5.74, 6) is 0.345. The second-order valence-electron chi connectivity index (χ2n) is 7.21. The van der Waals surface area contributed by atoms with Crippen LogP contribution in [0.1, 0.15) is 30.9 Å². The molecule has 0 saturated carbocycles. The molecule has 0 fully saturated rings. The van der Waals surface area contributed by atoms with Crippen molar-refractivity contribution >= 4 is 42.9 Å². The number of thiophene rings is 1. The minimum absolute atomic E-state index is 0.294. The second kappa shape index (κ2) is 6.82. The summed E-state index contributed by atoms with van der Waals surface area (Å²) in [7, 11) is 1.98. The topological polar surface area (TPSA) is 3.24 Å². The van der Waals surface area contributed by atoms with Crippen molar-refractivity contribution in [2.24, 2.45) is 0 Å². The number of hydrogen-bond acceptors (Lipinski definition) is 2. The Balaban J connectivity index is 1.97. The quantitative estimate of drug-likeness (QED) is 0.338. The standard InChI is InChI=1S/C23H20F3NS/c1-14(2)15-8-4-5-12-19(15)27(3)20-13-7-10-17-16-9-6-11-18(23(24,25)26)21(16)28-22(17)20/h4-14H,1-3H3. The largest absolute Gasteiger partial charge is 0.417 e. The Hall–Kier alpha value is -2.53. The van der Waals surface area contributed by atoms with Gasteiger partial charge in [0.1, 0.15) is 0 Å². The van der Waals surface area contributed by atoms with E-state index in [0.29, 0.717) is 16.0 Å². The highest BCUT2D eigenvalue weighted by atomic mass is 32.1. The minimum atomic E-state index is -4.36. The van der Waals surface area contributed by atoms with Gasteiger partial charge in [-0.05, 0) is 29.7 Å². The molecule has 0 amide bonds. The van der Waals surface area contributed by atoms with E-state index in [0.717, 1.165) is 27.5 Å². The van der Waals surface area contributed by atoms with E-state index in [-0.39, 0.29) is 0 Å². The first-order chi connectivity index (χ1) is 13.3. The highest BCUT2D eigenvalue weighted by molar-refractivity contribution is 7.26. The van der Waals surface area contributed by atoms with Crippen molar-refractivity contribution in [3.8, 4) is 0 Å². The fourth-order valence-electron chi connectivity index (χ4n) is 3.70. The van der Waals surface area contributed by atoms with Crippen molar-refractivity contribution in [1.82, 2.24) is 0 Å². The van der Waals surface area contributed by atoms with Gasteiger partial charge >= 0.3 is 6.18 Å². The second-order valence-corrected chi connectivity index (χ2v) is 8.23. The number of nitrogens with zero attached hydrogens (tertiary/aromatic N) is 1. The highest BCUT2D eigenvalue weighted by Crippen LogP contribution is 2.46. The first kappa shape index (κ1) is 18.8. The molecule has 3 aromatic carbocycles. The van der Waals surface area contributed by atoms with Crippen molar-refractivity contribution in [2.45, 2.75) is 25.9 Å². The maximum Gasteiger partial charge on any atom is 0.417 e. The summed E-state index contributed by atoms with van der Waals surface area (Å²) in [4.78, 5) is 2.08. The third-order valence-electron chi connectivity index (χ3n) is 5.09. The predicted octanol–water partition coefficient (Wildman–Crippen LogP) is 7.96. The van der Waals surface area contributed by atoms with Crippen molar-refractivity contribution in [3.63, 3.8) is 0 Å². The summed E-state index contributed by atoms with van der Waals surface area (Å²) in [5.41, 5.74) is 2.62. The van der Waals surface area contributed by atoms with Crippen LogP contribution in [0.2, 0.25) is 0 Å². The molecule has 1 aromatic heterocycles. The Labute approximate surface area is 166 Å². The number of halogens is 3. The average molecular weight is 399 g/mol. The van der Waals surface area contributed by atoms with E-state index < -0.39 is 11.7 Å². The molecule has 0 aliphatic heterocycles. The van der Waals surface area contributed by atoms with Gasteiger partial charge in [0.05, 0.1) is 16.0 Å². The number of fused-ring (bicyclic) bond motifs is 3. The van der Waals surface area contributed by atoms with Gasteiger partial charge in [0, 0.05) is 28.2 Å². The highest BCUT2D eigenvalue weighted by Gasteiger charge is 2.33. The van der Waals surface area contributed by atoms with Crippen molar-refractivity contribution in [2.75, 3.05) is 11.9 Å². The van der Waals surface area contributed by atoms with Gasteiger partial charge in [0.15, 0.2) is 0 Å². The van der Waals surface area contributed by atoms with Gasteiger partial charge in [-0.1, -0.05) is 56.3 Å². The third-order valence-corrected chi connectivity index (χ3v) is 6.37. The van der Waals surface area contributed by atoms with Crippen molar-refractivity contribution in [3.05, 3.63) is 71.8 Å². The Morgan fingerprint density at radius 1 is 0.786 bits per heavy atom. The molecule has 0 aliphatic rings. The lowest BCUT2D eigenvalue weighted by Crippen LogP contribution is -2.12. The van der Waals surface area contributed by atoms with E-state index in [4.69, 9.17) is 0 Å². The predicted molar refractivity (Wildman–Crippen MR) is 113 cm³/mol. The number of para-hydroxylation sites is 1. The molecule has 0 radical (unpaired) electrons. The van der Waals surface area contributed by atoms with E-state index >= 15 is 0 Å². The van der Waals surface area contributed by atoms with E-state index in [1.165, 1.54) is 23.0 Å². The van der Waals surface area contributed by atoms with Crippen molar-refractivity contribution in [1.29, 1.82) is 0 Å². The molecule has 0 atom stereocenters. The van der Waals surface area contributed by atoms with Gasteiger partial charge in [-0.3, -0.25) is 0 Å². The van der Waals surface area contributed by atoms with Crippen LogP contribution in [-0.2, 0) is 6.18 Å². The van der Waals surface area contributed by atoms with Crippen LogP contribution in [0, 0.1) is 0 Å². The molecule has 28 heavy (non-hydrogen) atoms. The molecule has 4 aromatic rings. The minimum Gasteiger partial charge on any atom is -0.343 e. The maximum absolute atomic E-state index is 13.5. The molecule has 1 heterocycles. The van der Waals surface area contributed by atoms with Crippen LogP contribution in [0.3, 0.4) is 0 Å². The Morgan fingerprint density at radius 2 is 1.39 bits per heavy atom. The smallest absolute Gasteiger partial charge is 0.343 e. The van der Waals surface area contributed by atoms with Crippen LogP contribution in [0.15, 0.2) is 60.7 Å². The summed E-state index contributed by atoms with van der Waals surface area (Å²) >= 11 is 1.22. The van der Waals surface area contributed by atoms with E-state index in [1.807, 2.05) is 37.4 Å². The summed E-state index contributed by atoms with van der Waals surface area (Å²) < 4.78 is 41.7. The van der Waals surface area contributed by atoms with E-state index in [2.05, 4.69) is 30.9 Å². The number of rotatable bonds is 3. The lowest BCUT2D eigenvalue weighted by atomic mass is 10.00. The normalized spacial score (nSPS) is 12.2. The SMILES string of the molecule is CC(C)c1ccccc1N(C)c1cccc2c1sc1c(C(F)(F)F)cccc12. The zero-order valence-corrected chi connectivity index (χ0v) is 16.7. The first-order valence-corrected chi connectivity index (χ1v) is 9.94. The molecular weight excluding hydrogens is 379 g/mol. The lowest BCUT2D eigenvalue weighted by Gasteiger charge is -2.24. The molecule has 0 N–H and O–H groups in total. The average Bonchev–Trinajstić information content (AvgIpc) is 3.05. The summed E-state index contributed by atoms with van der Waals surface area (Å²) in [6.07, 6.45) is -4.36. The Morgan fingerprint density at radius 3 is 2.07 bits per heavy atom. The number of alkyl halides is 3. The number of benzene rings is 3. The molecule has 0 aliphatic carbocycles. The number of anilines is 2. The zero-order valence-electron chi connectivity index (χ0n) is 15.8. The van der Waals surface area contributed by atoms with E-state index in [9.17, 15) is 13.2 Å². The third kappa shape index (κ3) is 3.04. The molecule has 0 spiro atoms. The molecule has 0 unspecified atom stereocenters. The van der Waals surface area contributed by atoms with Crippen LogP contribution >= 0.6 is 11.3 Å². The molecule has 5 heteroatoms.